The lowest BCUT2D eigenvalue weighted by atomic mass is 10.1. The molecule has 0 bridgehead atoms. The molecule has 0 aliphatic rings. The minimum absolute atomic E-state index is 0.328. The Morgan fingerprint density at radius 1 is 1.32 bits per heavy atom. The van der Waals surface area contributed by atoms with Gasteiger partial charge in [-0.15, -0.1) is 0 Å². The van der Waals surface area contributed by atoms with Gasteiger partial charge >= 0.3 is 0 Å². The molecule has 0 aliphatic heterocycles. The van der Waals surface area contributed by atoms with Crippen molar-refractivity contribution >= 4 is 23.0 Å². The third kappa shape index (κ3) is 4.92. The lowest BCUT2D eigenvalue weighted by Crippen LogP contribution is -2.29. The summed E-state index contributed by atoms with van der Waals surface area (Å²) in [6, 6.07) is 8.84. The molecule has 0 saturated heterocycles. The predicted molar refractivity (Wildman–Crippen MR) is 76.6 cm³/mol. The molecule has 0 heterocycles. The van der Waals surface area contributed by atoms with E-state index in [1.807, 2.05) is 12.1 Å². The number of nitrogens with zero attached hydrogens (tertiary/aromatic N) is 2. The van der Waals surface area contributed by atoms with Gasteiger partial charge < -0.3 is 15.4 Å². The molecule has 0 amide bonds. The number of thiocarbonyl (C=S) groups is 1. The molecule has 2 N–H and O–H groups in total. The fourth-order valence-corrected chi connectivity index (χ4v) is 1.63. The van der Waals surface area contributed by atoms with Crippen molar-refractivity contribution in [1.82, 2.24) is 5.32 Å². The van der Waals surface area contributed by atoms with Crippen LogP contribution in [0.5, 0.6) is 0 Å². The Morgan fingerprint density at radius 3 is 2.68 bits per heavy atom. The van der Waals surface area contributed by atoms with Crippen molar-refractivity contribution in [1.29, 1.82) is 10.5 Å². The highest BCUT2D eigenvalue weighted by atomic mass is 32.1. The zero-order chi connectivity index (χ0) is 14.1. The Hall–Kier alpha value is -2.15. The lowest BCUT2D eigenvalue weighted by molar-refractivity contribution is 0.196. The number of methoxy groups -OCH3 is 1. The molecule has 0 saturated carbocycles. The minimum atomic E-state index is 0.328. The van der Waals surface area contributed by atoms with Gasteiger partial charge in [0.15, 0.2) is 5.11 Å². The highest BCUT2D eigenvalue weighted by Crippen LogP contribution is 2.14. The van der Waals surface area contributed by atoms with Crippen molar-refractivity contribution < 1.29 is 4.74 Å². The zero-order valence-electron chi connectivity index (χ0n) is 10.6. The molecule has 5 nitrogen and oxygen atoms in total. The number of benzene rings is 1. The van der Waals surface area contributed by atoms with E-state index in [0.29, 0.717) is 35.1 Å². The average molecular weight is 274 g/mol. The summed E-state index contributed by atoms with van der Waals surface area (Å²) in [5.41, 5.74) is 1.36. The van der Waals surface area contributed by atoms with Crippen molar-refractivity contribution in [2.75, 3.05) is 25.6 Å². The van der Waals surface area contributed by atoms with Crippen LogP contribution in [0.15, 0.2) is 18.2 Å². The normalized spacial score (nSPS) is 9.21. The Balaban J connectivity index is 2.56. The fraction of sp³-hybridized carbons (Fsp3) is 0.308. The molecule has 1 rings (SSSR count). The minimum Gasteiger partial charge on any atom is -0.385 e. The zero-order valence-corrected chi connectivity index (χ0v) is 11.4. The van der Waals surface area contributed by atoms with Gasteiger partial charge in [0.2, 0.25) is 0 Å². The van der Waals surface area contributed by atoms with E-state index in [0.717, 1.165) is 6.42 Å². The number of ether oxygens (including phenoxy) is 1. The van der Waals surface area contributed by atoms with E-state index in [1.54, 1.807) is 25.3 Å². The van der Waals surface area contributed by atoms with Crippen molar-refractivity contribution in [2.24, 2.45) is 0 Å². The Labute approximate surface area is 117 Å². The SMILES string of the molecule is COCCCNC(=S)Nc1ccc(C#N)c(C#N)c1. The quantitative estimate of drug-likeness (QED) is 0.629. The van der Waals surface area contributed by atoms with Crippen LogP contribution in [0.3, 0.4) is 0 Å². The molecule has 0 atom stereocenters. The lowest BCUT2D eigenvalue weighted by Gasteiger charge is -2.10. The molecule has 0 unspecified atom stereocenters. The molecule has 0 aliphatic carbocycles. The van der Waals surface area contributed by atoms with E-state index >= 15 is 0 Å². The number of nitriles is 2. The smallest absolute Gasteiger partial charge is 0.170 e. The van der Waals surface area contributed by atoms with Crippen LogP contribution in [-0.2, 0) is 4.74 Å². The molecule has 19 heavy (non-hydrogen) atoms. The maximum absolute atomic E-state index is 8.92. The Bertz CT molecular complexity index is 530. The van der Waals surface area contributed by atoms with Crippen molar-refractivity contribution in [3.63, 3.8) is 0 Å². The van der Waals surface area contributed by atoms with E-state index in [9.17, 15) is 0 Å². The second-order valence-corrected chi connectivity index (χ2v) is 4.12. The van der Waals surface area contributed by atoms with E-state index in [-0.39, 0.29) is 0 Å². The van der Waals surface area contributed by atoms with Gasteiger partial charge in [-0.1, -0.05) is 0 Å². The summed E-state index contributed by atoms with van der Waals surface area (Å²) in [5, 5.41) is 24.2. The van der Waals surface area contributed by atoms with Gasteiger partial charge in [0.1, 0.15) is 12.1 Å². The summed E-state index contributed by atoms with van der Waals surface area (Å²) in [6.45, 7) is 1.38. The third-order valence-electron chi connectivity index (χ3n) is 2.33. The average Bonchev–Trinajstić information content (AvgIpc) is 2.43. The third-order valence-corrected chi connectivity index (χ3v) is 2.58. The molecule has 98 valence electrons. The van der Waals surface area contributed by atoms with Crippen molar-refractivity contribution in [3.8, 4) is 12.1 Å². The molecule has 1 aromatic carbocycles. The molecule has 1 aromatic rings. The van der Waals surface area contributed by atoms with Gasteiger partial charge in [-0.3, -0.25) is 0 Å². The highest BCUT2D eigenvalue weighted by molar-refractivity contribution is 7.80. The fourth-order valence-electron chi connectivity index (χ4n) is 1.41. The van der Waals surface area contributed by atoms with Crippen LogP contribution in [0.1, 0.15) is 17.5 Å². The topological polar surface area (TPSA) is 80.9 Å². The van der Waals surface area contributed by atoms with Crippen molar-refractivity contribution in [2.45, 2.75) is 6.42 Å². The van der Waals surface area contributed by atoms with Crippen LogP contribution < -0.4 is 10.6 Å². The standard InChI is InChI=1S/C13H14N4OS/c1-18-6-2-5-16-13(19)17-12-4-3-10(8-14)11(7-12)9-15/h3-4,7H,2,5-6H2,1H3,(H2,16,17,19). The van der Waals surface area contributed by atoms with Gasteiger partial charge in [0.25, 0.3) is 0 Å². The molecule has 0 radical (unpaired) electrons. The first-order valence-corrected chi connectivity index (χ1v) is 6.10. The molecule has 0 spiro atoms. The highest BCUT2D eigenvalue weighted by Gasteiger charge is 2.03. The first kappa shape index (κ1) is 14.9. The Kier molecular flexibility index (Phi) is 6.31. The van der Waals surface area contributed by atoms with Crippen LogP contribution in [0.25, 0.3) is 0 Å². The van der Waals surface area contributed by atoms with Gasteiger partial charge in [-0.2, -0.15) is 10.5 Å². The number of hydrogen-bond donors (Lipinski definition) is 2. The monoisotopic (exact) mass is 274 g/mol. The van der Waals surface area contributed by atoms with Crippen LogP contribution in [-0.4, -0.2) is 25.4 Å². The van der Waals surface area contributed by atoms with E-state index in [2.05, 4.69) is 10.6 Å². The van der Waals surface area contributed by atoms with Gasteiger partial charge in [-0.05, 0) is 36.8 Å². The summed E-state index contributed by atoms with van der Waals surface area (Å²) in [5.74, 6) is 0. The number of nitrogens with one attached hydrogen (secondary N) is 2. The molecular formula is C13H14N4OS. The summed E-state index contributed by atoms with van der Waals surface area (Å²) >= 11 is 5.12. The molecule has 0 fully saturated rings. The summed E-state index contributed by atoms with van der Waals surface area (Å²) in [7, 11) is 1.65. The van der Waals surface area contributed by atoms with Crippen LogP contribution >= 0.6 is 12.2 Å². The second-order valence-electron chi connectivity index (χ2n) is 3.71. The second kappa shape index (κ2) is 8.04. The van der Waals surface area contributed by atoms with E-state index < -0.39 is 0 Å². The largest absolute Gasteiger partial charge is 0.385 e. The molecule has 6 heteroatoms. The Morgan fingerprint density at radius 2 is 2.05 bits per heavy atom. The summed E-state index contributed by atoms with van der Waals surface area (Å²) < 4.78 is 4.93. The number of anilines is 1. The van der Waals surface area contributed by atoms with E-state index in [1.165, 1.54) is 0 Å². The maximum Gasteiger partial charge on any atom is 0.170 e. The summed E-state index contributed by atoms with van der Waals surface area (Å²) in [4.78, 5) is 0. The van der Waals surface area contributed by atoms with Crippen molar-refractivity contribution in [3.05, 3.63) is 29.3 Å². The number of hydrogen-bond acceptors (Lipinski definition) is 4. The van der Waals surface area contributed by atoms with E-state index in [4.69, 9.17) is 27.5 Å². The molecular weight excluding hydrogens is 260 g/mol. The predicted octanol–water partition coefficient (Wildman–Crippen LogP) is 1.75. The van der Waals surface area contributed by atoms with Gasteiger partial charge in [0, 0.05) is 25.9 Å². The first-order valence-electron chi connectivity index (χ1n) is 5.69. The first-order chi connectivity index (χ1) is 9.21. The maximum atomic E-state index is 8.92. The van der Waals surface area contributed by atoms with Crippen LogP contribution in [0, 0.1) is 22.7 Å². The molecule has 0 aromatic heterocycles. The van der Waals surface area contributed by atoms with Gasteiger partial charge in [0.05, 0.1) is 11.1 Å². The van der Waals surface area contributed by atoms with Crippen LogP contribution in [0.2, 0.25) is 0 Å². The van der Waals surface area contributed by atoms with Crippen LogP contribution in [0.4, 0.5) is 5.69 Å². The number of rotatable bonds is 5. The van der Waals surface area contributed by atoms with Gasteiger partial charge in [-0.25, -0.2) is 0 Å². The summed E-state index contributed by atoms with van der Waals surface area (Å²) in [6.07, 6.45) is 0.856.